The van der Waals surface area contributed by atoms with Crippen LogP contribution >= 0.6 is 0 Å². The third-order valence-corrected chi connectivity index (χ3v) is 3.67. The van der Waals surface area contributed by atoms with Crippen LogP contribution in [0.3, 0.4) is 0 Å². The highest BCUT2D eigenvalue weighted by Crippen LogP contribution is 2.32. The number of aryl methyl sites for hydroxylation is 1. The predicted octanol–water partition coefficient (Wildman–Crippen LogP) is 2.12. The monoisotopic (exact) mass is 228 g/mol. The molecule has 1 heterocycles. The quantitative estimate of drug-likeness (QED) is 0.785. The lowest BCUT2D eigenvalue weighted by molar-refractivity contribution is 0.493. The van der Waals surface area contributed by atoms with Crippen LogP contribution in [0.4, 0.5) is 0 Å². The molecular formula is C14H16N2O. The van der Waals surface area contributed by atoms with E-state index >= 15 is 0 Å². The van der Waals surface area contributed by atoms with E-state index in [-0.39, 0.29) is 5.56 Å². The molecule has 3 nitrogen and oxygen atoms in total. The van der Waals surface area contributed by atoms with Gasteiger partial charge in [-0.25, -0.2) is 0 Å². The number of hydrogen-bond donors (Lipinski definition) is 2. The fraction of sp³-hybridized carbons (Fsp3) is 0.357. The van der Waals surface area contributed by atoms with Gasteiger partial charge in [0.25, 0.3) is 5.56 Å². The van der Waals surface area contributed by atoms with E-state index in [0.29, 0.717) is 6.04 Å². The van der Waals surface area contributed by atoms with Crippen molar-refractivity contribution in [2.45, 2.75) is 25.3 Å². The number of aromatic amines is 1. The van der Waals surface area contributed by atoms with Crippen molar-refractivity contribution >= 4 is 10.8 Å². The number of nitrogens with one attached hydrogen (secondary N) is 2. The van der Waals surface area contributed by atoms with Gasteiger partial charge >= 0.3 is 0 Å². The molecule has 3 heteroatoms. The highest BCUT2D eigenvalue weighted by molar-refractivity contribution is 5.86. The number of fused-ring (bicyclic) bond motifs is 3. The summed E-state index contributed by atoms with van der Waals surface area (Å²) in [6.07, 6.45) is 3.25. The van der Waals surface area contributed by atoms with Crippen molar-refractivity contribution in [1.82, 2.24) is 10.3 Å². The van der Waals surface area contributed by atoms with Gasteiger partial charge in [-0.05, 0) is 43.3 Å². The number of hydrogen-bond acceptors (Lipinski definition) is 2. The fourth-order valence-corrected chi connectivity index (χ4v) is 2.86. The highest BCUT2D eigenvalue weighted by atomic mass is 16.1. The SMILES string of the molecule is CNC1CCCc2[nH]c(=O)c3ccccc3c21. The van der Waals surface area contributed by atoms with Gasteiger partial charge in [0.05, 0.1) is 0 Å². The second-order valence-corrected chi connectivity index (χ2v) is 4.63. The second-order valence-electron chi connectivity index (χ2n) is 4.63. The Labute approximate surface area is 99.9 Å². The van der Waals surface area contributed by atoms with Crippen LogP contribution in [0.1, 0.15) is 30.1 Å². The van der Waals surface area contributed by atoms with Gasteiger partial charge in [-0.2, -0.15) is 0 Å². The summed E-state index contributed by atoms with van der Waals surface area (Å²) in [6.45, 7) is 0. The lowest BCUT2D eigenvalue weighted by Crippen LogP contribution is -2.25. The zero-order valence-corrected chi connectivity index (χ0v) is 9.92. The molecule has 0 saturated heterocycles. The Morgan fingerprint density at radius 1 is 1.29 bits per heavy atom. The Morgan fingerprint density at radius 2 is 2.06 bits per heavy atom. The van der Waals surface area contributed by atoms with Crippen molar-refractivity contribution in [3.05, 3.63) is 45.9 Å². The Hall–Kier alpha value is -1.61. The molecule has 2 N–H and O–H groups in total. The van der Waals surface area contributed by atoms with Crippen molar-refractivity contribution in [3.63, 3.8) is 0 Å². The summed E-state index contributed by atoms with van der Waals surface area (Å²) < 4.78 is 0. The van der Waals surface area contributed by atoms with E-state index in [1.54, 1.807) is 0 Å². The topological polar surface area (TPSA) is 44.9 Å². The minimum absolute atomic E-state index is 0.0381. The summed E-state index contributed by atoms with van der Waals surface area (Å²) >= 11 is 0. The van der Waals surface area contributed by atoms with E-state index < -0.39 is 0 Å². The summed E-state index contributed by atoms with van der Waals surface area (Å²) in [5, 5.41) is 5.25. The normalized spacial score (nSPS) is 19.2. The van der Waals surface area contributed by atoms with Gasteiger partial charge in [0.15, 0.2) is 0 Å². The van der Waals surface area contributed by atoms with Crippen molar-refractivity contribution in [3.8, 4) is 0 Å². The molecule has 1 aromatic heterocycles. The van der Waals surface area contributed by atoms with Crippen molar-refractivity contribution in [2.75, 3.05) is 7.05 Å². The van der Waals surface area contributed by atoms with Crippen molar-refractivity contribution < 1.29 is 0 Å². The zero-order chi connectivity index (χ0) is 11.8. The first kappa shape index (κ1) is 10.5. The maximum atomic E-state index is 12.0. The summed E-state index contributed by atoms with van der Waals surface area (Å²) in [5.74, 6) is 0. The molecule has 1 atom stereocenters. The first-order valence-corrected chi connectivity index (χ1v) is 6.12. The summed E-state index contributed by atoms with van der Waals surface area (Å²) in [7, 11) is 1.99. The van der Waals surface area contributed by atoms with Crippen LogP contribution in [-0.4, -0.2) is 12.0 Å². The number of aromatic nitrogens is 1. The first-order valence-electron chi connectivity index (χ1n) is 6.12. The highest BCUT2D eigenvalue weighted by Gasteiger charge is 2.22. The molecule has 0 saturated carbocycles. The van der Waals surface area contributed by atoms with Crippen LogP contribution in [-0.2, 0) is 6.42 Å². The molecule has 0 aliphatic heterocycles. The molecule has 3 rings (SSSR count). The molecule has 1 aromatic carbocycles. The molecule has 0 spiro atoms. The van der Waals surface area contributed by atoms with E-state index in [1.807, 2.05) is 25.2 Å². The molecule has 17 heavy (non-hydrogen) atoms. The molecule has 1 aliphatic carbocycles. The van der Waals surface area contributed by atoms with E-state index in [2.05, 4.69) is 16.4 Å². The van der Waals surface area contributed by atoms with Crippen molar-refractivity contribution in [1.29, 1.82) is 0 Å². The Kier molecular flexibility index (Phi) is 2.48. The third-order valence-electron chi connectivity index (χ3n) is 3.67. The fourth-order valence-electron chi connectivity index (χ4n) is 2.86. The average molecular weight is 228 g/mol. The van der Waals surface area contributed by atoms with Gasteiger partial charge in [0, 0.05) is 17.1 Å². The maximum absolute atomic E-state index is 12.0. The minimum Gasteiger partial charge on any atom is -0.325 e. The first-order chi connectivity index (χ1) is 8.31. The van der Waals surface area contributed by atoms with Crippen molar-refractivity contribution in [2.24, 2.45) is 0 Å². The molecule has 1 aliphatic rings. The van der Waals surface area contributed by atoms with E-state index in [1.165, 1.54) is 5.56 Å². The van der Waals surface area contributed by atoms with Crippen LogP contribution in [0.2, 0.25) is 0 Å². The lowest BCUT2D eigenvalue weighted by atomic mass is 9.88. The van der Waals surface area contributed by atoms with Gasteiger partial charge in [0.1, 0.15) is 0 Å². The minimum atomic E-state index is 0.0381. The predicted molar refractivity (Wildman–Crippen MR) is 69.3 cm³/mol. The number of benzene rings is 1. The Balaban J connectivity index is 2.39. The molecule has 0 fully saturated rings. The van der Waals surface area contributed by atoms with Gasteiger partial charge in [-0.15, -0.1) is 0 Å². The molecule has 1 unspecified atom stereocenters. The van der Waals surface area contributed by atoms with Gasteiger partial charge in [-0.1, -0.05) is 18.2 Å². The largest absolute Gasteiger partial charge is 0.325 e. The molecular weight excluding hydrogens is 212 g/mol. The van der Waals surface area contributed by atoms with E-state index in [0.717, 1.165) is 35.7 Å². The molecule has 88 valence electrons. The van der Waals surface area contributed by atoms with Crippen LogP contribution in [0, 0.1) is 0 Å². The average Bonchev–Trinajstić information content (AvgIpc) is 2.38. The van der Waals surface area contributed by atoms with E-state index in [4.69, 9.17) is 0 Å². The number of rotatable bonds is 1. The second kappa shape index (κ2) is 4.00. The van der Waals surface area contributed by atoms with Gasteiger partial charge in [0.2, 0.25) is 0 Å². The lowest BCUT2D eigenvalue weighted by Gasteiger charge is -2.26. The van der Waals surface area contributed by atoms with Gasteiger partial charge < -0.3 is 10.3 Å². The molecule has 0 radical (unpaired) electrons. The Morgan fingerprint density at radius 3 is 2.82 bits per heavy atom. The summed E-state index contributed by atoms with van der Waals surface area (Å²) in [6, 6.07) is 8.24. The summed E-state index contributed by atoms with van der Waals surface area (Å²) in [5.41, 5.74) is 2.43. The Bertz CT molecular complexity index is 615. The molecule has 0 bridgehead atoms. The smallest absolute Gasteiger partial charge is 0.256 e. The van der Waals surface area contributed by atoms with Crippen LogP contribution < -0.4 is 10.9 Å². The van der Waals surface area contributed by atoms with Gasteiger partial charge in [-0.3, -0.25) is 4.79 Å². The third kappa shape index (κ3) is 1.58. The standard InChI is InChI=1S/C14H16N2O/c1-15-11-7-4-8-12-13(11)9-5-2-3-6-10(9)14(17)16-12/h2-3,5-6,11,15H,4,7-8H2,1H3,(H,16,17). The number of pyridine rings is 1. The van der Waals surface area contributed by atoms with Crippen LogP contribution in [0.15, 0.2) is 29.1 Å². The summed E-state index contributed by atoms with van der Waals surface area (Å²) in [4.78, 5) is 15.0. The van der Waals surface area contributed by atoms with E-state index in [9.17, 15) is 4.79 Å². The van der Waals surface area contributed by atoms with Crippen LogP contribution in [0.5, 0.6) is 0 Å². The maximum Gasteiger partial charge on any atom is 0.256 e. The zero-order valence-electron chi connectivity index (χ0n) is 9.92. The number of H-pyrrole nitrogens is 1. The molecule has 2 aromatic rings. The van der Waals surface area contributed by atoms with Crippen LogP contribution in [0.25, 0.3) is 10.8 Å². The molecule has 0 amide bonds.